The van der Waals surface area contributed by atoms with Crippen molar-refractivity contribution in [2.75, 3.05) is 6.61 Å². The van der Waals surface area contributed by atoms with Crippen molar-refractivity contribution in [3.63, 3.8) is 0 Å². The number of rotatable bonds is 4. The lowest BCUT2D eigenvalue weighted by molar-refractivity contribution is 0.0447. The maximum absolute atomic E-state index is 8.50. The molecule has 0 aromatic rings. The fraction of sp³-hybridized carbons (Fsp3) is 0.889. The van der Waals surface area contributed by atoms with Crippen molar-refractivity contribution in [1.29, 1.82) is 5.26 Å². The molecule has 0 radical (unpaired) electrons. The van der Waals surface area contributed by atoms with Crippen molar-refractivity contribution in [1.82, 2.24) is 0 Å². The van der Waals surface area contributed by atoms with E-state index in [4.69, 9.17) is 10.00 Å². The summed E-state index contributed by atoms with van der Waals surface area (Å²) in [6.45, 7) is 4.84. The maximum Gasteiger partial charge on any atom is 0.0628 e. The highest BCUT2D eigenvalue weighted by atomic mass is 16.5. The van der Waals surface area contributed by atoms with Gasteiger partial charge in [0.2, 0.25) is 0 Å². The Labute approximate surface area is 68.2 Å². The van der Waals surface area contributed by atoms with Gasteiger partial charge in [0.05, 0.1) is 18.8 Å². The Hall–Kier alpha value is -0.550. The van der Waals surface area contributed by atoms with Crippen LogP contribution in [0.1, 0.15) is 33.1 Å². The highest BCUT2D eigenvalue weighted by Gasteiger charge is 2.42. The highest BCUT2D eigenvalue weighted by Crippen LogP contribution is 2.48. The molecule has 1 aliphatic rings. The largest absolute Gasteiger partial charge is 0.378 e. The van der Waals surface area contributed by atoms with Gasteiger partial charge in [-0.05, 0) is 26.7 Å². The highest BCUT2D eigenvalue weighted by molar-refractivity contribution is 4.99. The molecule has 0 atom stereocenters. The molecule has 0 bridgehead atoms. The van der Waals surface area contributed by atoms with Gasteiger partial charge < -0.3 is 4.74 Å². The Balaban J connectivity index is 2.20. The van der Waals surface area contributed by atoms with Gasteiger partial charge in [-0.2, -0.15) is 5.26 Å². The number of nitriles is 1. The fourth-order valence-corrected chi connectivity index (χ4v) is 1.06. The second kappa shape index (κ2) is 3.23. The van der Waals surface area contributed by atoms with E-state index < -0.39 is 0 Å². The molecule has 0 N–H and O–H groups in total. The monoisotopic (exact) mass is 153 g/mol. The molecule has 2 heteroatoms. The van der Waals surface area contributed by atoms with E-state index in [2.05, 4.69) is 6.07 Å². The van der Waals surface area contributed by atoms with Gasteiger partial charge in [0.15, 0.2) is 0 Å². The van der Waals surface area contributed by atoms with E-state index in [-0.39, 0.29) is 5.41 Å². The molecule has 0 amide bonds. The molecule has 62 valence electrons. The minimum absolute atomic E-state index is 0.249. The van der Waals surface area contributed by atoms with Gasteiger partial charge in [0, 0.05) is 11.8 Å². The summed E-state index contributed by atoms with van der Waals surface area (Å²) in [5, 5.41) is 8.50. The molecule has 0 spiro atoms. The van der Waals surface area contributed by atoms with Crippen LogP contribution >= 0.6 is 0 Å². The lowest BCUT2D eigenvalue weighted by Crippen LogP contribution is -2.13. The van der Waals surface area contributed by atoms with Crippen molar-refractivity contribution in [3.05, 3.63) is 0 Å². The van der Waals surface area contributed by atoms with Gasteiger partial charge in [-0.3, -0.25) is 0 Å². The lowest BCUT2D eigenvalue weighted by atomic mass is 10.1. The number of ether oxygens (including phenoxy) is 1. The zero-order chi connectivity index (χ0) is 8.32. The Morgan fingerprint density at radius 3 is 2.55 bits per heavy atom. The van der Waals surface area contributed by atoms with E-state index in [1.54, 1.807) is 0 Å². The van der Waals surface area contributed by atoms with Crippen LogP contribution in [0.3, 0.4) is 0 Å². The van der Waals surface area contributed by atoms with Crippen LogP contribution in [-0.4, -0.2) is 12.7 Å². The quantitative estimate of drug-likeness (QED) is 0.619. The molecule has 11 heavy (non-hydrogen) atoms. The maximum atomic E-state index is 8.50. The van der Waals surface area contributed by atoms with Crippen LogP contribution in [-0.2, 0) is 4.74 Å². The summed E-state index contributed by atoms with van der Waals surface area (Å²) in [6, 6.07) is 2.21. The SMILES string of the molecule is CC(C)OCC1(CC#N)CC1. The molecule has 0 saturated heterocycles. The van der Waals surface area contributed by atoms with Crippen molar-refractivity contribution in [3.8, 4) is 6.07 Å². The number of nitrogens with zero attached hydrogens (tertiary/aromatic N) is 1. The topological polar surface area (TPSA) is 33.0 Å². The number of hydrogen-bond donors (Lipinski definition) is 0. The van der Waals surface area contributed by atoms with Crippen LogP contribution in [0.15, 0.2) is 0 Å². The summed E-state index contributed by atoms with van der Waals surface area (Å²) in [4.78, 5) is 0. The van der Waals surface area contributed by atoms with Crippen molar-refractivity contribution >= 4 is 0 Å². The van der Waals surface area contributed by atoms with E-state index in [1.165, 1.54) is 12.8 Å². The molecule has 0 aromatic heterocycles. The lowest BCUT2D eigenvalue weighted by Gasteiger charge is -2.13. The van der Waals surface area contributed by atoms with Gasteiger partial charge in [0.1, 0.15) is 0 Å². The van der Waals surface area contributed by atoms with E-state index in [0.29, 0.717) is 12.5 Å². The minimum Gasteiger partial charge on any atom is -0.378 e. The van der Waals surface area contributed by atoms with Gasteiger partial charge in [-0.1, -0.05) is 0 Å². The summed E-state index contributed by atoms with van der Waals surface area (Å²) in [5.74, 6) is 0. The van der Waals surface area contributed by atoms with E-state index in [1.807, 2.05) is 13.8 Å². The molecular formula is C9H15NO. The second-order valence-electron chi connectivity index (χ2n) is 3.69. The van der Waals surface area contributed by atoms with E-state index in [0.717, 1.165) is 6.61 Å². The molecule has 0 aliphatic heterocycles. The van der Waals surface area contributed by atoms with Crippen molar-refractivity contribution < 1.29 is 4.74 Å². The van der Waals surface area contributed by atoms with Crippen LogP contribution in [0.2, 0.25) is 0 Å². The van der Waals surface area contributed by atoms with Crippen LogP contribution in [0, 0.1) is 16.7 Å². The zero-order valence-electron chi connectivity index (χ0n) is 7.26. The predicted molar refractivity (Wildman–Crippen MR) is 43.0 cm³/mol. The molecule has 0 unspecified atom stereocenters. The standard InChI is InChI=1S/C9H15NO/c1-8(2)11-7-9(3-4-9)5-6-10/h8H,3-5,7H2,1-2H3. The fourth-order valence-electron chi connectivity index (χ4n) is 1.06. The Morgan fingerprint density at radius 2 is 2.18 bits per heavy atom. The minimum atomic E-state index is 0.249. The Bertz CT molecular complexity index is 165. The predicted octanol–water partition coefficient (Wildman–Crippen LogP) is 2.11. The summed E-state index contributed by atoms with van der Waals surface area (Å²) < 4.78 is 5.47. The first-order valence-electron chi connectivity index (χ1n) is 4.17. The van der Waals surface area contributed by atoms with E-state index >= 15 is 0 Å². The molecule has 1 fully saturated rings. The van der Waals surface area contributed by atoms with Crippen LogP contribution < -0.4 is 0 Å². The van der Waals surface area contributed by atoms with Gasteiger partial charge in [-0.25, -0.2) is 0 Å². The zero-order valence-corrected chi connectivity index (χ0v) is 7.26. The first-order valence-corrected chi connectivity index (χ1v) is 4.17. The second-order valence-corrected chi connectivity index (χ2v) is 3.69. The number of hydrogen-bond acceptors (Lipinski definition) is 2. The third-order valence-electron chi connectivity index (χ3n) is 2.13. The smallest absolute Gasteiger partial charge is 0.0628 e. The average molecular weight is 153 g/mol. The normalized spacial score (nSPS) is 19.8. The first kappa shape index (κ1) is 8.55. The average Bonchev–Trinajstić information content (AvgIpc) is 2.67. The molecule has 0 aromatic carbocycles. The molecule has 0 heterocycles. The van der Waals surface area contributed by atoms with Gasteiger partial charge in [-0.15, -0.1) is 0 Å². The molecule has 1 saturated carbocycles. The third kappa shape index (κ3) is 2.51. The van der Waals surface area contributed by atoms with Crippen molar-refractivity contribution in [2.24, 2.45) is 5.41 Å². The summed E-state index contributed by atoms with van der Waals surface area (Å²) in [7, 11) is 0. The van der Waals surface area contributed by atoms with Crippen molar-refractivity contribution in [2.45, 2.75) is 39.2 Å². The van der Waals surface area contributed by atoms with E-state index in [9.17, 15) is 0 Å². The molecule has 1 rings (SSSR count). The molecule has 1 aliphatic carbocycles. The summed E-state index contributed by atoms with van der Waals surface area (Å²) in [5.41, 5.74) is 0.249. The Kier molecular flexibility index (Phi) is 2.51. The Morgan fingerprint density at radius 1 is 1.55 bits per heavy atom. The van der Waals surface area contributed by atoms with Crippen LogP contribution in [0.4, 0.5) is 0 Å². The third-order valence-corrected chi connectivity index (χ3v) is 2.13. The van der Waals surface area contributed by atoms with Gasteiger partial charge in [0.25, 0.3) is 0 Å². The summed E-state index contributed by atoms with van der Waals surface area (Å²) in [6.07, 6.45) is 3.31. The summed E-state index contributed by atoms with van der Waals surface area (Å²) >= 11 is 0. The van der Waals surface area contributed by atoms with Crippen LogP contribution in [0.5, 0.6) is 0 Å². The molecular weight excluding hydrogens is 138 g/mol. The molecule has 2 nitrogen and oxygen atoms in total. The van der Waals surface area contributed by atoms with Gasteiger partial charge >= 0.3 is 0 Å². The first-order chi connectivity index (χ1) is 5.18. The van der Waals surface area contributed by atoms with Crippen LogP contribution in [0.25, 0.3) is 0 Å².